The van der Waals surface area contributed by atoms with Gasteiger partial charge in [0, 0.05) is 25.8 Å². The summed E-state index contributed by atoms with van der Waals surface area (Å²) in [5, 5.41) is 2.76. The minimum Gasteiger partial charge on any atom is -1.00 e. The first kappa shape index (κ1) is 16.7. The fourth-order valence-corrected chi connectivity index (χ4v) is 1.52. The van der Waals surface area contributed by atoms with E-state index in [2.05, 4.69) is 44.2 Å². The Morgan fingerprint density at radius 2 is 1.57 bits per heavy atom. The van der Waals surface area contributed by atoms with E-state index in [4.69, 9.17) is 0 Å². The zero-order chi connectivity index (χ0) is 7.84. The van der Waals surface area contributed by atoms with Crippen LogP contribution in [0, 0.1) is 13.8 Å². The molecule has 0 unspecified atom stereocenters. The van der Waals surface area contributed by atoms with Gasteiger partial charge in [0.1, 0.15) is 0 Å². The van der Waals surface area contributed by atoms with Gasteiger partial charge in [-0.05, 0) is 0 Å². The average Bonchev–Trinajstić information content (AvgIpc) is 2.30. The number of aryl methyl sites for hydroxylation is 2. The molecule has 0 aliphatic carbocycles. The Labute approximate surface area is 116 Å². The number of hydrogen-bond donors (Lipinski definition) is 0. The van der Waals surface area contributed by atoms with Crippen molar-refractivity contribution in [3.8, 4) is 0 Å². The number of halogens is 2. The van der Waals surface area contributed by atoms with Gasteiger partial charge < -0.3 is 24.8 Å². The summed E-state index contributed by atoms with van der Waals surface area (Å²) in [5.41, 5.74) is 2.81. The second-order valence-electron chi connectivity index (χ2n) is 3.04. The smallest absolute Gasteiger partial charge is 0 e. The van der Waals surface area contributed by atoms with E-state index in [0.717, 1.165) is 0 Å². The summed E-state index contributed by atoms with van der Waals surface area (Å²) in [6.45, 7) is 4.34. The number of fused-ring (bicyclic) bond motifs is 1. The molecule has 0 nitrogen and oxygen atoms in total. The SMILES string of the molecule is Cc1[cH-]c2ccccc2c1C.[Cl-].[Cl-].[Hf]. The molecule has 0 bridgehead atoms. The molecule has 0 radical (unpaired) electrons. The predicted octanol–water partition coefficient (Wildman–Crippen LogP) is -2.82. The zero-order valence-electron chi connectivity index (χ0n) is 8.14. The van der Waals surface area contributed by atoms with Crippen molar-refractivity contribution in [1.82, 2.24) is 0 Å². The number of rotatable bonds is 0. The molecule has 0 spiro atoms. The largest absolute Gasteiger partial charge is 1.00 e. The van der Waals surface area contributed by atoms with E-state index >= 15 is 0 Å². The molecular formula is C11H11Cl2Hf-3. The van der Waals surface area contributed by atoms with E-state index in [0.29, 0.717) is 0 Å². The molecule has 0 fully saturated rings. The van der Waals surface area contributed by atoms with E-state index < -0.39 is 0 Å². The van der Waals surface area contributed by atoms with E-state index in [1.54, 1.807) is 0 Å². The zero-order valence-corrected chi connectivity index (χ0v) is 13.2. The summed E-state index contributed by atoms with van der Waals surface area (Å²) in [5.74, 6) is 0. The van der Waals surface area contributed by atoms with Crippen molar-refractivity contribution in [2.24, 2.45) is 0 Å². The van der Waals surface area contributed by atoms with Gasteiger partial charge in [-0.15, -0.1) is 40.6 Å². The summed E-state index contributed by atoms with van der Waals surface area (Å²) in [6.07, 6.45) is 0. The molecule has 0 saturated heterocycles. The van der Waals surface area contributed by atoms with Gasteiger partial charge in [0.2, 0.25) is 0 Å². The van der Waals surface area contributed by atoms with Crippen molar-refractivity contribution < 1.29 is 50.7 Å². The minimum atomic E-state index is 0. The Morgan fingerprint density at radius 3 is 2.14 bits per heavy atom. The summed E-state index contributed by atoms with van der Waals surface area (Å²) < 4.78 is 0. The van der Waals surface area contributed by atoms with Gasteiger partial charge in [0.15, 0.2) is 0 Å². The van der Waals surface area contributed by atoms with E-state index in [-0.39, 0.29) is 50.7 Å². The van der Waals surface area contributed by atoms with Crippen molar-refractivity contribution in [3.63, 3.8) is 0 Å². The van der Waals surface area contributed by atoms with Crippen molar-refractivity contribution in [1.29, 1.82) is 0 Å². The summed E-state index contributed by atoms with van der Waals surface area (Å²) in [7, 11) is 0. The third kappa shape index (κ3) is 2.88. The van der Waals surface area contributed by atoms with E-state index in [1.165, 1.54) is 21.9 Å². The number of hydrogen-bond acceptors (Lipinski definition) is 0. The molecule has 0 aromatic heterocycles. The minimum absolute atomic E-state index is 0. The molecule has 0 aliphatic rings. The molecule has 2 aromatic rings. The van der Waals surface area contributed by atoms with Crippen LogP contribution in [0.1, 0.15) is 11.1 Å². The van der Waals surface area contributed by atoms with Gasteiger partial charge in [-0.25, -0.2) is 0 Å². The van der Waals surface area contributed by atoms with Crippen LogP contribution in [0.5, 0.6) is 0 Å². The first-order valence-corrected chi connectivity index (χ1v) is 3.90. The molecule has 3 heteroatoms. The van der Waals surface area contributed by atoms with Crippen molar-refractivity contribution >= 4 is 10.8 Å². The fraction of sp³-hybridized carbons (Fsp3) is 0.182. The normalized spacial score (nSPS) is 8.43. The van der Waals surface area contributed by atoms with Crippen LogP contribution >= 0.6 is 0 Å². The summed E-state index contributed by atoms with van der Waals surface area (Å²) in [6, 6.07) is 10.8. The van der Waals surface area contributed by atoms with Gasteiger partial charge in [-0.1, -0.05) is 19.9 Å². The van der Waals surface area contributed by atoms with Crippen molar-refractivity contribution in [2.45, 2.75) is 13.8 Å². The monoisotopic (exact) mass is 393 g/mol. The van der Waals surface area contributed by atoms with Crippen LogP contribution in [0.3, 0.4) is 0 Å². The maximum atomic E-state index is 2.24. The molecule has 2 rings (SSSR count). The standard InChI is InChI=1S/C11H11.2ClH.Hf/c1-8-7-10-5-3-4-6-11(10)9(8)2;;;/h3-7H,1-2H3;2*1H;/q-1;;;/p-2. The molecule has 0 amide bonds. The Morgan fingerprint density at radius 1 is 1.00 bits per heavy atom. The van der Waals surface area contributed by atoms with Crippen LogP contribution < -0.4 is 24.8 Å². The summed E-state index contributed by atoms with van der Waals surface area (Å²) >= 11 is 0. The van der Waals surface area contributed by atoms with Crippen LogP contribution in [0.25, 0.3) is 10.8 Å². The van der Waals surface area contributed by atoms with Gasteiger partial charge in [0.25, 0.3) is 0 Å². The average molecular weight is 393 g/mol. The van der Waals surface area contributed by atoms with Crippen LogP contribution in [-0.4, -0.2) is 0 Å². The fourth-order valence-electron chi connectivity index (χ4n) is 1.52. The molecule has 0 atom stereocenters. The quantitative estimate of drug-likeness (QED) is 0.335. The molecule has 0 heterocycles. The first-order chi connectivity index (χ1) is 5.29. The maximum absolute atomic E-state index is 2.24. The molecule has 14 heavy (non-hydrogen) atoms. The first-order valence-electron chi connectivity index (χ1n) is 3.90. The molecule has 0 aliphatic heterocycles. The molecular weight excluding hydrogens is 382 g/mol. The van der Waals surface area contributed by atoms with Crippen LogP contribution in [0.2, 0.25) is 0 Å². The Bertz CT molecular complexity index is 393. The van der Waals surface area contributed by atoms with Crippen LogP contribution in [0.4, 0.5) is 0 Å². The van der Waals surface area contributed by atoms with Gasteiger partial charge in [-0.3, -0.25) is 0 Å². The van der Waals surface area contributed by atoms with Gasteiger partial charge in [-0.2, -0.15) is 5.56 Å². The van der Waals surface area contributed by atoms with Crippen molar-refractivity contribution in [2.75, 3.05) is 0 Å². The van der Waals surface area contributed by atoms with E-state index in [1.807, 2.05) is 0 Å². The maximum Gasteiger partial charge on any atom is 0 e. The predicted molar refractivity (Wildman–Crippen MR) is 49.0 cm³/mol. The second kappa shape index (κ2) is 6.71. The second-order valence-corrected chi connectivity index (χ2v) is 3.04. The van der Waals surface area contributed by atoms with Crippen molar-refractivity contribution in [3.05, 3.63) is 41.5 Å². The summed E-state index contributed by atoms with van der Waals surface area (Å²) in [4.78, 5) is 0. The van der Waals surface area contributed by atoms with Gasteiger partial charge >= 0.3 is 0 Å². The molecule has 0 saturated carbocycles. The Hall–Kier alpha value is 0.280. The topological polar surface area (TPSA) is 0 Å². The third-order valence-corrected chi connectivity index (χ3v) is 2.33. The number of benzene rings is 1. The Kier molecular flexibility index (Phi) is 8.00. The molecule has 0 N–H and O–H groups in total. The molecule has 76 valence electrons. The Balaban J connectivity index is 0. The third-order valence-electron chi connectivity index (χ3n) is 2.33. The van der Waals surface area contributed by atoms with Crippen LogP contribution in [-0.2, 0) is 25.8 Å². The van der Waals surface area contributed by atoms with Gasteiger partial charge in [0.05, 0.1) is 0 Å². The molecule has 2 aromatic carbocycles. The van der Waals surface area contributed by atoms with E-state index in [9.17, 15) is 0 Å². The van der Waals surface area contributed by atoms with Crippen LogP contribution in [0.15, 0.2) is 30.3 Å².